The van der Waals surface area contributed by atoms with Gasteiger partial charge < -0.3 is 9.80 Å². The van der Waals surface area contributed by atoms with Crippen molar-refractivity contribution in [3.05, 3.63) is 65.2 Å². The zero-order valence-corrected chi connectivity index (χ0v) is 13.8. The number of hydrogen-bond donors (Lipinski definition) is 0. The SMILES string of the molecule is Cc1ccc(N2CCN(C(=O)C(=O)c3ccc(F)c(F)c3)CC2)cc1. The van der Waals surface area contributed by atoms with E-state index in [4.69, 9.17) is 0 Å². The van der Waals surface area contributed by atoms with E-state index in [9.17, 15) is 18.4 Å². The number of hydrogen-bond acceptors (Lipinski definition) is 3. The summed E-state index contributed by atoms with van der Waals surface area (Å²) in [5, 5.41) is 0. The summed E-state index contributed by atoms with van der Waals surface area (Å²) in [6.07, 6.45) is 0. The van der Waals surface area contributed by atoms with Crippen molar-refractivity contribution in [3.8, 4) is 0 Å². The van der Waals surface area contributed by atoms with Gasteiger partial charge in [0.2, 0.25) is 5.78 Å². The molecule has 6 heteroatoms. The molecule has 2 aromatic rings. The summed E-state index contributed by atoms with van der Waals surface area (Å²) in [6, 6.07) is 10.8. The molecule has 0 spiro atoms. The standard InChI is InChI=1S/C19H18F2N2O2/c1-13-2-5-15(6-3-13)22-8-10-23(11-9-22)19(25)18(24)14-4-7-16(20)17(21)12-14/h2-7,12H,8-11H2,1H3. The molecule has 0 saturated carbocycles. The number of halogens is 2. The molecule has 0 atom stereocenters. The Morgan fingerprint density at radius 1 is 0.880 bits per heavy atom. The Morgan fingerprint density at radius 3 is 2.12 bits per heavy atom. The van der Waals surface area contributed by atoms with E-state index in [-0.39, 0.29) is 5.56 Å². The van der Waals surface area contributed by atoms with Crippen molar-refractivity contribution in [2.45, 2.75) is 6.92 Å². The van der Waals surface area contributed by atoms with E-state index in [1.807, 2.05) is 31.2 Å². The number of amides is 1. The third-order valence-corrected chi connectivity index (χ3v) is 4.34. The van der Waals surface area contributed by atoms with Crippen LogP contribution in [-0.4, -0.2) is 42.8 Å². The first-order chi connectivity index (χ1) is 12.0. The summed E-state index contributed by atoms with van der Waals surface area (Å²) in [6.45, 7) is 4.05. The molecule has 130 valence electrons. The van der Waals surface area contributed by atoms with Crippen LogP contribution in [0, 0.1) is 18.6 Å². The molecule has 0 aliphatic carbocycles. The predicted molar refractivity (Wildman–Crippen MR) is 90.7 cm³/mol. The topological polar surface area (TPSA) is 40.6 Å². The van der Waals surface area contributed by atoms with Gasteiger partial charge in [0.15, 0.2) is 11.6 Å². The minimum atomic E-state index is -1.14. The van der Waals surface area contributed by atoms with Crippen LogP contribution < -0.4 is 4.90 Å². The molecule has 25 heavy (non-hydrogen) atoms. The summed E-state index contributed by atoms with van der Waals surface area (Å²) in [5.74, 6) is -3.68. The third kappa shape index (κ3) is 3.68. The summed E-state index contributed by atoms with van der Waals surface area (Å²) in [7, 11) is 0. The number of benzene rings is 2. The zero-order chi connectivity index (χ0) is 18.0. The lowest BCUT2D eigenvalue weighted by Gasteiger charge is -2.35. The second-order valence-corrected chi connectivity index (χ2v) is 6.07. The van der Waals surface area contributed by atoms with Gasteiger partial charge in [-0.3, -0.25) is 9.59 Å². The predicted octanol–water partition coefficient (Wildman–Crippen LogP) is 2.80. The lowest BCUT2D eigenvalue weighted by atomic mass is 10.1. The quantitative estimate of drug-likeness (QED) is 0.635. The van der Waals surface area contributed by atoms with Crippen LogP contribution in [0.4, 0.5) is 14.5 Å². The van der Waals surface area contributed by atoms with Crippen molar-refractivity contribution in [1.29, 1.82) is 0 Å². The van der Waals surface area contributed by atoms with E-state index < -0.39 is 23.3 Å². The summed E-state index contributed by atoms with van der Waals surface area (Å²) in [5.41, 5.74) is 2.11. The van der Waals surface area contributed by atoms with Crippen molar-refractivity contribution in [2.75, 3.05) is 31.1 Å². The Hall–Kier alpha value is -2.76. The highest BCUT2D eigenvalue weighted by molar-refractivity contribution is 6.42. The smallest absolute Gasteiger partial charge is 0.295 e. The average Bonchev–Trinajstić information content (AvgIpc) is 2.63. The van der Waals surface area contributed by atoms with Gasteiger partial charge in [0.1, 0.15) is 0 Å². The largest absolute Gasteiger partial charge is 0.368 e. The van der Waals surface area contributed by atoms with Gasteiger partial charge in [-0.25, -0.2) is 8.78 Å². The highest BCUT2D eigenvalue weighted by Gasteiger charge is 2.27. The molecular formula is C19H18F2N2O2. The van der Waals surface area contributed by atoms with Crippen LogP contribution in [0.2, 0.25) is 0 Å². The van der Waals surface area contributed by atoms with Crippen LogP contribution in [-0.2, 0) is 4.79 Å². The molecule has 1 fully saturated rings. The molecule has 1 aliphatic heterocycles. The van der Waals surface area contributed by atoms with Crippen molar-refractivity contribution in [2.24, 2.45) is 0 Å². The van der Waals surface area contributed by atoms with Crippen LogP contribution in [0.5, 0.6) is 0 Å². The zero-order valence-electron chi connectivity index (χ0n) is 13.8. The number of ketones is 1. The number of anilines is 1. The van der Waals surface area contributed by atoms with Crippen molar-refractivity contribution in [3.63, 3.8) is 0 Å². The third-order valence-electron chi connectivity index (χ3n) is 4.34. The Labute approximate surface area is 144 Å². The number of Topliss-reactive ketones (excluding diaryl/α,β-unsaturated/α-hetero) is 1. The number of nitrogens with zero attached hydrogens (tertiary/aromatic N) is 2. The van der Waals surface area contributed by atoms with E-state index in [1.54, 1.807) is 0 Å². The first-order valence-corrected chi connectivity index (χ1v) is 8.06. The van der Waals surface area contributed by atoms with Gasteiger partial charge in [-0.05, 0) is 37.3 Å². The van der Waals surface area contributed by atoms with E-state index in [0.29, 0.717) is 26.2 Å². The van der Waals surface area contributed by atoms with Gasteiger partial charge in [-0.2, -0.15) is 0 Å². The molecule has 1 heterocycles. The summed E-state index contributed by atoms with van der Waals surface area (Å²) >= 11 is 0. The Balaban J connectivity index is 1.63. The van der Waals surface area contributed by atoms with Gasteiger partial charge >= 0.3 is 0 Å². The Bertz CT molecular complexity index is 798. The minimum absolute atomic E-state index is 0.134. The lowest BCUT2D eigenvalue weighted by molar-refractivity contribution is -0.126. The summed E-state index contributed by atoms with van der Waals surface area (Å²) in [4.78, 5) is 28.1. The molecule has 2 aromatic carbocycles. The molecule has 0 N–H and O–H groups in total. The molecule has 1 amide bonds. The molecule has 0 bridgehead atoms. The molecule has 0 unspecified atom stereocenters. The first kappa shape index (κ1) is 17.1. The highest BCUT2D eigenvalue weighted by atomic mass is 19.2. The number of carbonyl (C=O) groups is 2. The molecular weight excluding hydrogens is 326 g/mol. The second kappa shape index (κ2) is 7.01. The lowest BCUT2D eigenvalue weighted by Crippen LogP contribution is -2.50. The van der Waals surface area contributed by atoms with Crippen LogP contribution in [0.3, 0.4) is 0 Å². The van der Waals surface area contributed by atoms with Crippen LogP contribution in [0.25, 0.3) is 0 Å². The first-order valence-electron chi connectivity index (χ1n) is 8.06. The molecule has 1 aliphatic rings. The van der Waals surface area contributed by atoms with E-state index in [1.165, 1.54) is 10.5 Å². The molecule has 4 nitrogen and oxygen atoms in total. The van der Waals surface area contributed by atoms with Gasteiger partial charge in [-0.15, -0.1) is 0 Å². The highest BCUT2D eigenvalue weighted by Crippen LogP contribution is 2.18. The number of piperazine rings is 1. The molecule has 0 aromatic heterocycles. The van der Waals surface area contributed by atoms with E-state index in [2.05, 4.69) is 4.90 Å². The molecule has 1 saturated heterocycles. The Morgan fingerprint density at radius 2 is 1.52 bits per heavy atom. The fourth-order valence-electron chi connectivity index (χ4n) is 2.83. The van der Waals surface area contributed by atoms with Gasteiger partial charge in [0, 0.05) is 37.4 Å². The average molecular weight is 344 g/mol. The maximum absolute atomic E-state index is 13.3. The van der Waals surface area contributed by atoms with Crippen molar-refractivity contribution in [1.82, 2.24) is 4.90 Å². The Kier molecular flexibility index (Phi) is 4.79. The monoisotopic (exact) mass is 344 g/mol. The van der Waals surface area contributed by atoms with Crippen molar-refractivity contribution >= 4 is 17.4 Å². The fourth-order valence-corrected chi connectivity index (χ4v) is 2.83. The van der Waals surface area contributed by atoms with E-state index in [0.717, 1.165) is 23.9 Å². The van der Waals surface area contributed by atoms with Gasteiger partial charge in [-0.1, -0.05) is 17.7 Å². The van der Waals surface area contributed by atoms with Crippen LogP contribution in [0.1, 0.15) is 15.9 Å². The number of aryl methyl sites for hydroxylation is 1. The van der Waals surface area contributed by atoms with E-state index >= 15 is 0 Å². The van der Waals surface area contributed by atoms with Crippen LogP contribution >= 0.6 is 0 Å². The van der Waals surface area contributed by atoms with Gasteiger partial charge in [0.05, 0.1) is 0 Å². The maximum Gasteiger partial charge on any atom is 0.295 e. The summed E-state index contributed by atoms with van der Waals surface area (Å²) < 4.78 is 26.2. The van der Waals surface area contributed by atoms with Crippen molar-refractivity contribution < 1.29 is 18.4 Å². The van der Waals surface area contributed by atoms with Crippen LogP contribution in [0.15, 0.2) is 42.5 Å². The number of rotatable bonds is 3. The minimum Gasteiger partial charge on any atom is -0.368 e. The molecule has 0 radical (unpaired) electrons. The van der Waals surface area contributed by atoms with Gasteiger partial charge in [0.25, 0.3) is 5.91 Å². The fraction of sp³-hybridized carbons (Fsp3) is 0.263. The normalized spacial score (nSPS) is 14.5. The molecule has 3 rings (SSSR count). The second-order valence-electron chi connectivity index (χ2n) is 6.07. The number of carbonyl (C=O) groups excluding carboxylic acids is 2. The maximum atomic E-state index is 13.3.